The maximum absolute atomic E-state index is 10.2. The summed E-state index contributed by atoms with van der Waals surface area (Å²) in [6.07, 6.45) is 16.9. The molecule has 4 heteroatoms. The molecule has 4 aliphatic carbocycles. The van der Waals surface area contributed by atoms with Crippen molar-refractivity contribution in [2.24, 2.45) is 33.7 Å². The van der Waals surface area contributed by atoms with Crippen LogP contribution in [0.25, 0.3) is 0 Å². The van der Waals surface area contributed by atoms with Crippen LogP contribution in [0.2, 0.25) is 0 Å². The van der Waals surface area contributed by atoms with Crippen LogP contribution in [0.1, 0.15) is 85.0 Å². The maximum atomic E-state index is 10.2. The van der Waals surface area contributed by atoms with E-state index in [1.165, 1.54) is 63.6 Å². The number of aliphatic hydroxyl groups excluding tert-OH is 1. The van der Waals surface area contributed by atoms with Crippen LogP contribution >= 0.6 is 0 Å². The monoisotopic (exact) mass is 440 g/mol. The fraction of sp³-hybridized carbons (Fsp3) is 0.821. The molecule has 0 spiro atoms. The minimum atomic E-state index is -0.117. The van der Waals surface area contributed by atoms with Crippen molar-refractivity contribution in [3.8, 4) is 0 Å². The maximum Gasteiger partial charge on any atom is 0.129 e. The van der Waals surface area contributed by atoms with E-state index in [9.17, 15) is 5.11 Å². The van der Waals surface area contributed by atoms with Crippen molar-refractivity contribution in [3.05, 3.63) is 23.3 Å². The van der Waals surface area contributed by atoms with Gasteiger partial charge in [-0.25, -0.2) is 0 Å². The van der Waals surface area contributed by atoms with E-state index in [0.717, 1.165) is 49.3 Å². The molecular weight excluding hydrogens is 396 g/mol. The summed E-state index contributed by atoms with van der Waals surface area (Å²) in [5.74, 6) is 2.26. The van der Waals surface area contributed by atoms with Gasteiger partial charge in [-0.1, -0.05) is 43.1 Å². The Morgan fingerprint density at radius 2 is 1.84 bits per heavy atom. The van der Waals surface area contributed by atoms with E-state index in [1.807, 2.05) is 0 Å². The zero-order valence-electron chi connectivity index (χ0n) is 20.6. The van der Waals surface area contributed by atoms with Crippen LogP contribution in [0.5, 0.6) is 0 Å². The molecule has 2 saturated carbocycles. The largest absolute Gasteiger partial charge is 0.394 e. The Labute approximate surface area is 195 Å². The molecule has 0 aromatic carbocycles. The minimum Gasteiger partial charge on any atom is -0.394 e. The molecule has 5 aliphatic rings. The third-order valence-electron chi connectivity index (χ3n) is 10.2. The van der Waals surface area contributed by atoms with Gasteiger partial charge < -0.3 is 9.94 Å². The Balaban J connectivity index is 1.24. The zero-order chi connectivity index (χ0) is 22.3. The van der Waals surface area contributed by atoms with E-state index in [1.54, 1.807) is 5.57 Å². The van der Waals surface area contributed by atoms with Crippen molar-refractivity contribution >= 4 is 5.71 Å². The molecule has 1 aliphatic heterocycles. The molecule has 5 rings (SSSR count). The summed E-state index contributed by atoms with van der Waals surface area (Å²) in [7, 11) is 0. The van der Waals surface area contributed by atoms with Crippen LogP contribution in [0.3, 0.4) is 0 Å². The summed E-state index contributed by atoms with van der Waals surface area (Å²) in [6, 6.07) is 0. The topological polar surface area (TPSA) is 45.1 Å². The lowest BCUT2D eigenvalue weighted by atomic mass is 9.47. The summed E-state index contributed by atoms with van der Waals surface area (Å²) in [5.41, 5.74) is 4.67. The van der Waals surface area contributed by atoms with Gasteiger partial charge in [0, 0.05) is 6.54 Å². The van der Waals surface area contributed by atoms with E-state index >= 15 is 0 Å². The Kier molecular flexibility index (Phi) is 6.30. The van der Waals surface area contributed by atoms with Gasteiger partial charge in [0.15, 0.2) is 0 Å². The van der Waals surface area contributed by atoms with E-state index in [2.05, 4.69) is 43.0 Å². The number of allylic oxidation sites excluding steroid dienone is 3. The summed E-state index contributed by atoms with van der Waals surface area (Å²) >= 11 is 0. The number of hydrogen-bond donors (Lipinski definition) is 1. The highest BCUT2D eigenvalue weighted by Gasteiger charge is 2.56. The molecule has 0 bridgehead atoms. The normalized spacial score (nSPS) is 42.4. The van der Waals surface area contributed by atoms with Crippen molar-refractivity contribution < 1.29 is 9.94 Å². The summed E-state index contributed by atoms with van der Waals surface area (Å²) < 4.78 is 0. The molecule has 6 atom stereocenters. The number of nitrogens with zero attached hydrogens (tertiary/aromatic N) is 2. The first-order valence-corrected chi connectivity index (χ1v) is 13.4. The highest BCUT2D eigenvalue weighted by atomic mass is 16.6. The van der Waals surface area contributed by atoms with Gasteiger partial charge in [0.2, 0.25) is 0 Å². The first kappa shape index (κ1) is 22.7. The number of hydrogen-bond acceptors (Lipinski definition) is 4. The van der Waals surface area contributed by atoms with Gasteiger partial charge in [0.05, 0.1) is 11.8 Å². The minimum absolute atomic E-state index is 0.117. The number of likely N-dealkylation sites (tertiary alicyclic amines) is 1. The summed E-state index contributed by atoms with van der Waals surface area (Å²) in [6.45, 7) is 11.3. The van der Waals surface area contributed by atoms with E-state index in [4.69, 9.17) is 4.84 Å². The molecule has 178 valence electrons. The SMILES string of the molecule is CC(=NOCCN1CCCCC1)C1=CCC2C3CC=C4CC(O)CCC4(C)C3CCC12C. The Morgan fingerprint density at radius 1 is 1.06 bits per heavy atom. The predicted molar refractivity (Wildman–Crippen MR) is 131 cm³/mol. The van der Waals surface area contributed by atoms with Gasteiger partial charge in [-0.2, -0.15) is 0 Å². The van der Waals surface area contributed by atoms with E-state index < -0.39 is 0 Å². The van der Waals surface area contributed by atoms with Crippen LogP contribution in [0, 0.1) is 28.6 Å². The average Bonchev–Trinajstić information content (AvgIpc) is 3.15. The van der Waals surface area contributed by atoms with Crippen LogP contribution < -0.4 is 0 Å². The van der Waals surface area contributed by atoms with Gasteiger partial charge in [0.25, 0.3) is 0 Å². The van der Waals surface area contributed by atoms with Crippen LogP contribution in [0.15, 0.2) is 28.5 Å². The smallest absolute Gasteiger partial charge is 0.129 e. The predicted octanol–water partition coefficient (Wildman–Crippen LogP) is 5.72. The first-order chi connectivity index (χ1) is 15.4. The fourth-order valence-corrected chi connectivity index (χ4v) is 8.31. The molecular formula is C28H44N2O2. The standard InChI is InChI=1S/C28H44N2O2/c1-20(29-32-18-17-30-15-5-4-6-16-30)24-9-10-25-23-8-7-21-19-22(31)11-13-27(21,2)26(23)12-14-28(24,25)3/h7,9,22-23,25-26,31H,4-6,8,10-19H2,1-3H3. The van der Waals surface area contributed by atoms with Crippen molar-refractivity contribution in [2.45, 2.75) is 91.1 Å². The lowest BCUT2D eigenvalue weighted by molar-refractivity contribution is -0.0280. The quantitative estimate of drug-likeness (QED) is 0.257. The van der Waals surface area contributed by atoms with Gasteiger partial charge in [-0.15, -0.1) is 0 Å². The molecule has 1 saturated heterocycles. The molecule has 32 heavy (non-hydrogen) atoms. The van der Waals surface area contributed by atoms with Gasteiger partial charge >= 0.3 is 0 Å². The average molecular weight is 441 g/mol. The molecule has 0 radical (unpaired) electrons. The van der Waals surface area contributed by atoms with Gasteiger partial charge in [0.1, 0.15) is 6.61 Å². The molecule has 3 fully saturated rings. The second kappa shape index (κ2) is 8.91. The Bertz CT molecular complexity index is 795. The fourth-order valence-electron chi connectivity index (χ4n) is 8.31. The van der Waals surface area contributed by atoms with Crippen LogP contribution in [0.4, 0.5) is 0 Å². The first-order valence-electron chi connectivity index (χ1n) is 13.4. The summed E-state index contributed by atoms with van der Waals surface area (Å²) in [5, 5.41) is 14.8. The highest BCUT2D eigenvalue weighted by molar-refractivity contribution is 5.99. The molecule has 0 aromatic heterocycles. The molecule has 0 aromatic rings. The number of aliphatic hydroxyl groups is 1. The second-order valence-electron chi connectivity index (χ2n) is 11.9. The second-order valence-corrected chi connectivity index (χ2v) is 11.9. The molecule has 4 nitrogen and oxygen atoms in total. The van der Waals surface area contributed by atoms with Crippen LogP contribution in [-0.4, -0.2) is 48.1 Å². The van der Waals surface area contributed by atoms with Crippen molar-refractivity contribution in [3.63, 3.8) is 0 Å². The lowest BCUT2D eigenvalue weighted by Crippen LogP contribution is -2.50. The Morgan fingerprint density at radius 3 is 2.66 bits per heavy atom. The highest BCUT2D eigenvalue weighted by Crippen LogP contribution is 2.65. The van der Waals surface area contributed by atoms with Crippen LogP contribution in [-0.2, 0) is 4.84 Å². The zero-order valence-corrected chi connectivity index (χ0v) is 20.6. The summed E-state index contributed by atoms with van der Waals surface area (Å²) in [4.78, 5) is 8.32. The van der Waals surface area contributed by atoms with Crippen molar-refractivity contribution in [1.82, 2.24) is 4.90 Å². The van der Waals surface area contributed by atoms with Gasteiger partial charge in [-0.05, 0) is 112 Å². The Hall–Kier alpha value is -1.13. The van der Waals surface area contributed by atoms with Gasteiger partial charge in [-0.3, -0.25) is 4.90 Å². The molecule has 1 N–H and O–H groups in total. The number of fused-ring (bicyclic) bond motifs is 5. The molecule has 0 amide bonds. The number of piperidine rings is 1. The third kappa shape index (κ3) is 3.90. The van der Waals surface area contributed by atoms with Crippen molar-refractivity contribution in [1.29, 1.82) is 0 Å². The third-order valence-corrected chi connectivity index (χ3v) is 10.2. The van der Waals surface area contributed by atoms with E-state index in [-0.39, 0.29) is 11.5 Å². The lowest BCUT2D eigenvalue weighted by Gasteiger charge is -2.57. The molecule has 6 unspecified atom stereocenters. The number of oxime groups is 1. The van der Waals surface area contributed by atoms with E-state index in [0.29, 0.717) is 12.0 Å². The molecule has 1 heterocycles. The number of rotatable bonds is 5. The van der Waals surface area contributed by atoms with Crippen molar-refractivity contribution in [2.75, 3.05) is 26.2 Å².